The second-order valence-corrected chi connectivity index (χ2v) is 5.41. The van der Waals surface area contributed by atoms with Gasteiger partial charge in [-0.05, 0) is 17.7 Å². The SMILES string of the molecule is O=C(Cn1cnc2ccccc2c1=O)NC(CO)c1ccccc1. The number of carbonyl (C=O) groups excluding carboxylic acids is 1. The maximum Gasteiger partial charge on any atom is 0.261 e. The summed E-state index contributed by atoms with van der Waals surface area (Å²) in [4.78, 5) is 28.8. The van der Waals surface area contributed by atoms with Crippen molar-refractivity contribution in [1.82, 2.24) is 14.9 Å². The first-order chi connectivity index (χ1) is 11.7. The Balaban J connectivity index is 1.77. The lowest BCUT2D eigenvalue weighted by molar-refractivity contribution is -0.122. The summed E-state index contributed by atoms with van der Waals surface area (Å²) < 4.78 is 1.26. The first-order valence-corrected chi connectivity index (χ1v) is 7.58. The van der Waals surface area contributed by atoms with E-state index in [1.165, 1.54) is 10.9 Å². The van der Waals surface area contributed by atoms with Crippen molar-refractivity contribution in [1.29, 1.82) is 0 Å². The quantitative estimate of drug-likeness (QED) is 0.740. The third-order valence-corrected chi connectivity index (χ3v) is 3.77. The minimum Gasteiger partial charge on any atom is -0.394 e. The zero-order chi connectivity index (χ0) is 16.9. The number of aliphatic hydroxyl groups excluding tert-OH is 1. The van der Waals surface area contributed by atoms with Crippen LogP contribution in [0.5, 0.6) is 0 Å². The summed E-state index contributed by atoms with van der Waals surface area (Å²) in [6.07, 6.45) is 1.36. The number of carbonyl (C=O) groups is 1. The summed E-state index contributed by atoms with van der Waals surface area (Å²) >= 11 is 0. The van der Waals surface area contributed by atoms with Crippen LogP contribution in [0.2, 0.25) is 0 Å². The van der Waals surface area contributed by atoms with Gasteiger partial charge in [-0.15, -0.1) is 0 Å². The van der Waals surface area contributed by atoms with Gasteiger partial charge in [0.15, 0.2) is 0 Å². The summed E-state index contributed by atoms with van der Waals surface area (Å²) in [6, 6.07) is 15.7. The Morgan fingerprint density at radius 1 is 1.12 bits per heavy atom. The molecule has 0 saturated heterocycles. The van der Waals surface area contributed by atoms with E-state index in [0.29, 0.717) is 10.9 Å². The van der Waals surface area contributed by atoms with Crippen molar-refractivity contribution in [2.45, 2.75) is 12.6 Å². The van der Waals surface area contributed by atoms with Crippen molar-refractivity contribution in [3.63, 3.8) is 0 Å². The van der Waals surface area contributed by atoms with Crippen LogP contribution in [0, 0.1) is 0 Å². The van der Waals surface area contributed by atoms with E-state index in [1.807, 2.05) is 30.3 Å². The van der Waals surface area contributed by atoms with Gasteiger partial charge in [0.05, 0.1) is 29.9 Å². The Labute approximate surface area is 138 Å². The van der Waals surface area contributed by atoms with E-state index in [9.17, 15) is 14.7 Å². The van der Waals surface area contributed by atoms with Crippen molar-refractivity contribution in [2.75, 3.05) is 6.61 Å². The average molecular weight is 323 g/mol. The monoisotopic (exact) mass is 323 g/mol. The van der Waals surface area contributed by atoms with Gasteiger partial charge in [0.1, 0.15) is 6.54 Å². The number of nitrogens with one attached hydrogen (secondary N) is 1. The number of aliphatic hydroxyl groups is 1. The van der Waals surface area contributed by atoms with Crippen molar-refractivity contribution in [3.05, 3.63) is 76.8 Å². The maximum atomic E-state index is 12.4. The van der Waals surface area contributed by atoms with Gasteiger partial charge in [-0.25, -0.2) is 4.98 Å². The Morgan fingerprint density at radius 2 is 1.83 bits per heavy atom. The van der Waals surface area contributed by atoms with Crippen LogP contribution in [0.3, 0.4) is 0 Å². The highest BCUT2D eigenvalue weighted by Gasteiger charge is 2.14. The summed E-state index contributed by atoms with van der Waals surface area (Å²) in [7, 11) is 0. The second kappa shape index (κ2) is 7.06. The number of fused-ring (bicyclic) bond motifs is 1. The third kappa shape index (κ3) is 3.33. The molecule has 0 aliphatic heterocycles. The smallest absolute Gasteiger partial charge is 0.261 e. The van der Waals surface area contributed by atoms with Gasteiger partial charge in [0, 0.05) is 0 Å². The first kappa shape index (κ1) is 15.9. The van der Waals surface area contributed by atoms with Gasteiger partial charge in [-0.2, -0.15) is 0 Å². The molecule has 3 rings (SSSR count). The fourth-order valence-electron chi connectivity index (χ4n) is 2.53. The van der Waals surface area contributed by atoms with Crippen LogP contribution in [0.1, 0.15) is 11.6 Å². The molecule has 0 bridgehead atoms. The lowest BCUT2D eigenvalue weighted by atomic mass is 10.1. The molecule has 24 heavy (non-hydrogen) atoms. The minimum atomic E-state index is -0.511. The number of hydrogen-bond acceptors (Lipinski definition) is 4. The molecule has 1 heterocycles. The fourth-order valence-corrected chi connectivity index (χ4v) is 2.53. The summed E-state index contributed by atoms with van der Waals surface area (Å²) in [5.74, 6) is -0.364. The number of aromatic nitrogens is 2. The molecule has 3 aromatic rings. The molecule has 0 saturated carbocycles. The van der Waals surface area contributed by atoms with Gasteiger partial charge in [-0.1, -0.05) is 42.5 Å². The summed E-state index contributed by atoms with van der Waals surface area (Å²) in [5.41, 5.74) is 1.13. The largest absolute Gasteiger partial charge is 0.394 e. The topological polar surface area (TPSA) is 84.2 Å². The van der Waals surface area contributed by atoms with Crippen molar-refractivity contribution < 1.29 is 9.90 Å². The van der Waals surface area contributed by atoms with Gasteiger partial charge in [-0.3, -0.25) is 14.2 Å². The molecule has 122 valence electrons. The predicted molar refractivity (Wildman–Crippen MR) is 90.4 cm³/mol. The van der Waals surface area contributed by atoms with Gasteiger partial charge < -0.3 is 10.4 Å². The van der Waals surface area contributed by atoms with Gasteiger partial charge in [0.2, 0.25) is 5.91 Å². The Kier molecular flexibility index (Phi) is 4.67. The van der Waals surface area contributed by atoms with Crippen LogP contribution in [0.4, 0.5) is 0 Å². The molecule has 1 atom stereocenters. The van der Waals surface area contributed by atoms with E-state index in [4.69, 9.17) is 0 Å². The second-order valence-electron chi connectivity index (χ2n) is 5.41. The average Bonchev–Trinajstić information content (AvgIpc) is 2.63. The lowest BCUT2D eigenvalue weighted by Crippen LogP contribution is -2.36. The van der Waals surface area contributed by atoms with Crippen molar-refractivity contribution >= 4 is 16.8 Å². The van der Waals surface area contributed by atoms with E-state index >= 15 is 0 Å². The highest BCUT2D eigenvalue weighted by molar-refractivity contribution is 5.79. The first-order valence-electron chi connectivity index (χ1n) is 7.58. The molecule has 2 aromatic carbocycles. The molecule has 0 spiro atoms. The van der Waals surface area contributed by atoms with Crippen LogP contribution in [-0.4, -0.2) is 27.2 Å². The Bertz CT molecular complexity index is 906. The molecule has 0 fully saturated rings. The molecule has 2 N–H and O–H groups in total. The molecule has 6 heteroatoms. The zero-order valence-corrected chi connectivity index (χ0v) is 12.9. The minimum absolute atomic E-state index is 0.153. The Morgan fingerprint density at radius 3 is 2.58 bits per heavy atom. The van der Waals surface area contributed by atoms with Gasteiger partial charge >= 0.3 is 0 Å². The fraction of sp³-hybridized carbons (Fsp3) is 0.167. The van der Waals surface area contributed by atoms with E-state index < -0.39 is 6.04 Å². The molecule has 1 amide bonds. The maximum absolute atomic E-state index is 12.4. The normalized spacial score (nSPS) is 12.0. The molecule has 0 aliphatic rings. The standard InChI is InChI=1S/C18H17N3O3/c22-11-16(13-6-2-1-3-7-13)20-17(23)10-21-12-19-15-9-5-4-8-14(15)18(21)24/h1-9,12,16,22H,10-11H2,(H,20,23). The van der Waals surface area contributed by atoms with Crippen LogP contribution in [-0.2, 0) is 11.3 Å². The van der Waals surface area contributed by atoms with Crippen LogP contribution < -0.4 is 10.9 Å². The molecule has 1 aromatic heterocycles. The van der Waals surface area contributed by atoms with Crippen LogP contribution in [0.25, 0.3) is 10.9 Å². The molecular formula is C18H17N3O3. The van der Waals surface area contributed by atoms with E-state index in [-0.39, 0.29) is 24.6 Å². The summed E-state index contributed by atoms with van der Waals surface area (Å²) in [6.45, 7) is -0.374. The number of amides is 1. The van der Waals surface area contributed by atoms with Crippen molar-refractivity contribution in [3.8, 4) is 0 Å². The molecular weight excluding hydrogens is 306 g/mol. The van der Waals surface area contributed by atoms with Crippen LogP contribution >= 0.6 is 0 Å². The molecule has 6 nitrogen and oxygen atoms in total. The lowest BCUT2D eigenvalue weighted by Gasteiger charge is -2.17. The molecule has 0 aliphatic carbocycles. The van der Waals surface area contributed by atoms with E-state index in [2.05, 4.69) is 10.3 Å². The van der Waals surface area contributed by atoms with Crippen molar-refractivity contribution in [2.24, 2.45) is 0 Å². The van der Waals surface area contributed by atoms with E-state index in [0.717, 1.165) is 5.56 Å². The van der Waals surface area contributed by atoms with E-state index in [1.54, 1.807) is 24.3 Å². The van der Waals surface area contributed by atoms with Gasteiger partial charge in [0.25, 0.3) is 5.56 Å². The highest BCUT2D eigenvalue weighted by atomic mass is 16.3. The molecule has 0 radical (unpaired) electrons. The number of hydrogen-bond donors (Lipinski definition) is 2. The van der Waals surface area contributed by atoms with Crippen LogP contribution in [0.15, 0.2) is 65.7 Å². The zero-order valence-electron chi connectivity index (χ0n) is 12.9. The predicted octanol–water partition coefficient (Wildman–Crippen LogP) is 1.25. The number of rotatable bonds is 5. The molecule has 1 unspecified atom stereocenters. The number of nitrogens with zero attached hydrogens (tertiary/aromatic N) is 2. The number of benzene rings is 2. The Hall–Kier alpha value is -2.99. The number of para-hydroxylation sites is 1. The summed E-state index contributed by atoms with van der Waals surface area (Å²) in [5, 5.41) is 12.7. The third-order valence-electron chi connectivity index (χ3n) is 3.77. The highest BCUT2D eigenvalue weighted by Crippen LogP contribution is 2.11.